The number of esters is 1. The lowest BCUT2D eigenvalue weighted by molar-refractivity contribution is -0.146. The predicted molar refractivity (Wildman–Crippen MR) is 129 cm³/mol. The van der Waals surface area contributed by atoms with Crippen LogP contribution in [0.1, 0.15) is 42.8 Å². The number of carbonyl (C=O) groups is 3. The first-order valence-electron chi connectivity index (χ1n) is 11.1. The third-order valence-corrected chi connectivity index (χ3v) is 5.91. The van der Waals surface area contributed by atoms with Crippen LogP contribution in [0.3, 0.4) is 0 Å². The van der Waals surface area contributed by atoms with E-state index in [1.54, 1.807) is 36.4 Å². The molecule has 0 fully saturated rings. The number of Topliss-reactive ketones (excluding diaryl/α,β-unsaturated/α-hetero) is 1. The van der Waals surface area contributed by atoms with Crippen LogP contribution in [0.2, 0.25) is 0 Å². The maximum absolute atomic E-state index is 13.5. The monoisotopic (exact) mass is 563 g/mol. The van der Waals surface area contributed by atoms with Gasteiger partial charge in [-0.15, -0.1) is 0 Å². The molecule has 0 aromatic heterocycles. The highest BCUT2D eigenvalue weighted by molar-refractivity contribution is 9.10. The van der Waals surface area contributed by atoms with Gasteiger partial charge in [0.2, 0.25) is 18.7 Å². The van der Waals surface area contributed by atoms with Crippen LogP contribution in [0, 0.1) is 0 Å². The molecule has 0 bridgehead atoms. The maximum atomic E-state index is 13.5. The van der Waals surface area contributed by atoms with E-state index in [4.69, 9.17) is 28.4 Å². The summed E-state index contributed by atoms with van der Waals surface area (Å²) in [7, 11) is 1.20. The number of amides is 1. The van der Waals surface area contributed by atoms with Gasteiger partial charge in [-0.2, -0.15) is 0 Å². The van der Waals surface area contributed by atoms with Gasteiger partial charge >= 0.3 is 12.1 Å². The topological polar surface area (TPSA) is 119 Å². The fraction of sp³-hybridized carbons (Fsp3) is 0.400. The summed E-state index contributed by atoms with van der Waals surface area (Å²) in [5.74, 6) is 0.204. The van der Waals surface area contributed by atoms with Crippen LogP contribution in [-0.2, 0) is 19.0 Å². The highest BCUT2D eigenvalue weighted by atomic mass is 79.9. The quantitative estimate of drug-likeness (QED) is 0.521. The van der Waals surface area contributed by atoms with Crippen molar-refractivity contribution in [3.63, 3.8) is 0 Å². The highest BCUT2D eigenvalue weighted by Gasteiger charge is 2.42. The number of hydrogen-bond donors (Lipinski definition) is 1. The second-order valence-corrected chi connectivity index (χ2v) is 10.0. The molecule has 1 amide bonds. The molecule has 2 aliphatic heterocycles. The second-order valence-electron chi connectivity index (χ2n) is 9.13. The largest absolute Gasteiger partial charge is 0.481 e. The molecule has 192 valence electrons. The van der Waals surface area contributed by atoms with E-state index in [1.807, 2.05) is 20.8 Å². The Morgan fingerprint density at radius 2 is 1.83 bits per heavy atom. The van der Waals surface area contributed by atoms with Gasteiger partial charge in [-0.25, -0.2) is 9.59 Å². The number of ketones is 1. The number of hydrogen-bond acceptors (Lipinski definition) is 9. The molecule has 2 aromatic carbocycles. The molecule has 11 heteroatoms. The SMILES string of the molecule is COC(=O)[C@H](COC(C)(C)C)NC(=O)O[C@@H]1C(=O)c2cc(Br)ccc2O[C@H]1c1ccc2c(c1)OCO2. The lowest BCUT2D eigenvalue weighted by atomic mass is 9.93. The smallest absolute Gasteiger partial charge is 0.408 e. The molecule has 0 aliphatic carbocycles. The first-order valence-corrected chi connectivity index (χ1v) is 11.9. The van der Waals surface area contributed by atoms with Crippen LogP contribution in [0.15, 0.2) is 40.9 Å². The van der Waals surface area contributed by atoms with E-state index in [0.29, 0.717) is 27.3 Å². The minimum Gasteiger partial charge on any atom is -0.481 e. The lowest BCUT2D eigenvalue weighted by Gasteiger charge is -2.33. The number of carbonyl (C=O) groups excluding carboxylic acids is 3. The van der Waals surface area contributed by atoms with E-state index in [9.17, 15) is 14.4 Å². The van der Waals surface area contributed by atoms with Crippen molar-refractivity contribution in [3.05, 3.63) is 52.0 Å². The lowest BCUT2D eigenvalue weighted by Crippen LogP contribution is -2.49. The number of fused-ring (bicyclic) bond motifs is 2. The minimum atomic E-state index is -1.35. The number of ether oxygens (including phenoxy) is 6. The molecule has 0 saturated heterocycles. The Balaban J connectivity index is 1.60. The molecule has 2 heterocycles. The van der Waals surface area contributed by atoms with Crippen LogP contribution in [-0.4, -0.2) is 56.1 Å². The summed E-state index contributed by atoms with van der Waals surface area (Å²) in [6.07, 6.45) is -3.34. The zero-order valence-electron chi connectivity index (χ0n) is 20.2. The molecule has 0 saturated carbocycles. The van der Waals surface area contributed by atoms with Crippen molar-refractivity contribution in [2.75, 3.05) is 20.5 Å². The molecule has 10 nitrogen and oxygen atoms in total. The fourth-order valence-corrected chi connectivity index (χ4v) is 4.03. The Kier molecular flexibility index (Phi) is 7.41. The molecule has 0 radical (unpaired) electrons. The van der Waals surface area contributed by atoms with E-state index in [1.165, 1.54) is 7.11 Å². The molecular weight excluding hydrogens is 538 g/mol. The van der Waals surface area contributed by atoms with Gasteiger partial charge in [-0.05, 0) is 51.1 Å². The van der Waals surface area contributed by atoms with Gasteiger partial charge in [-0.3, -0.25) is 4.79 Å². The average molecular weight is 564 g/mol. The summed E-state index contributed by atoms with van der Waals surface area (Å²) in [6.45, 7) is 5.35. The molecule has 0 spiro atoms. The van der Waals surface area contributed by atoms with Crippen LogP contribution >= 0.6 is 15.9 Å². The number of alkyl carbamates (subject to hydrolysis) is 1. The van der Waals surface area contributed by atoms with Crippen LogP contribution in [0.25, 0.3) is 0 Å². The zero-order valence-corrected chi connectivity index (χ0v) is 21.7. The summed E-state index contributed by atoms with van der Waals surface area (Å²) in [5, 5.41) is 2.43. The summed E-state index contributed by atoms with van der Waals surface area (Å²) in [4.78, 5) is 38.6. The Hall–Kier alpha value is -3.31. The van der Waals surface area contributed by atoms with Crippen molar-refractivity contribution in [1.29, 1.82) is 0 Å². The summed E-state index contributed by atoms with van der Waals surface area (Å²) < 4.78 is 33.6. The maximum Gasteiger partial charge on any atom is 0.408 e. The average Bonchev–Trinajstić information content (AvgIpc) is 3.30. The minimum absolute atomic E-state index is 0.0774. The predicted octanol–water partition coefficient (Wildman–Crippen LogP) is 3.95. The molecule has 2 aliphatic rings. The Bertz CT molecular complexity index is 1180. The number of rotatable bonds is 6. The van der Waals surface area contributed by atoms with Crippen molar-refractivity contribution >= 4 is 33.8 Å². The standard InChI is InChI=1S/C25H26BrNO9/c1-25(2,3)34-11-16(23(29)31-4)27-24(30)36-22-20(28)15-10-14(26)6-8-17(15)35-21(22)13-5-7-18-19(9-13)33-12-32-18/h5-10,16,21-22H,11-12H2,1-4H3,(H,27,30)/t16-,21-,22+/m0/s1. The normalized spacial score (nSPS) is 19.1. The van der Waals surface area contributed by atoms with Gasteiger partial charge < -0.3 is 33.7 Å². The van der Waals surface area contributed by atoms with E-state index in [-0.39, 0.29) is 19.0 Å². The van der Waals surface area contributed by atoms with Crippen molar-refractivity contribution < 1.29 is 42.8 Å². The van der Waals surface area contributed by atoms with E-state index in [0.717, 1.165) is 0 Å². The summed E-state index contributed by atoms with van der Waals surface area (Å²) in [5.41, 5.74) is 0.228. The molecule has 2 aromatic rings. The molecule has 36 heavy (non-hydrogen) atoms. The van der Waals surface area contributed by atoms with Crippen LogP contribution in [0.4, 0.5) is 4.79 Å². The molecule has 3 atom stereocenters. The summed E-state index contributed by atoms with van der Waals surface area (Å²) in [6, 6.07) is 8.92. The number of benzene rings is 2. The Labute approximate surface area is 216 Å². The summed E-state index contributed by atoms with van der Waals surface area (Å²) >= 11 is 3.35. The Morgan fingerprint density at radius 1 is 1.11 bits per heavy atom. The molecule has 1 N–H and O–H groups in total. The Morgan fingerprint density at radius 3 is 2.56 bits per heavy atom. The number of halogens is 1. The molecule has 4 rings (SSSR count). The second kappa shape index (κ2) is 10.4. The van der Waals surface area contributed by atoms with Gasteiger partial charge in [0, 0.05) is 10.0 Å². The zero-order chi connectivity index (χ0) is 26.0. The van der Waals surface area contributed by atoms with Crippen molar-refractivity contribution in [1.82, 2.24) is 5.32 Å². The van der Waals surface area contributed by atoms with Gasteiger partial charge in [0.25, 0.3) is 0 Å². The van der Waals surface area contributed by atoms with Gasteiger partial charge in [-0.1, -0.05) is 22.0 Å². The highest BCUT2D eigenvalue weighted by Crippen LogP contribution is 2.41. The molecule has 0 unspecified atom stereocenters. The van der Waals surface area contributed by atoms with Crippen LogP contribution < -0.4 is 19.5 Å². The van der Waals surface area contributed by atoms with Crippen molar-refractivity contribution in [2.45, 2.75) is 44.6 Å². The van der Waals surface area contributed by atoms with Gasteiger partial charge in [0.15, 0.2) is 23.6 Å². The van der Waals surface area contributed by atoms with E-state index < -0.39 is 41.7 Å². The van der Waals surface area contributed by atoms with Crippen molar-refractivity contribution in [2.24, 2.45) is 0 Å². The van der Waals surface area contributed by atoms with Gasteiger partial charge in [0.1, 0.15) is 5.75 Å². The number of nitrogens with one attached hydrogen (secondary N) is 1. The fourth-order valence-electron chi connectivity index (χ4n) is 3.67. The first kappa shape index (κ1) is 25.8. The number of methoxy groups -OCH3 is 1. The van der Waals surface area contributed by atoms with Gasteiger partial charge in [0.05, 0.1) is 24.9 Å². The third-order valence-electron chi connectivity index (χ3n) is 5.41. The van der Waals surface area contributed by atoms with E-state index in [2.05, 4.69) is 21.2 Å². The van der Waals surface area contributed by atoms with E-state index >= 15 is 0 Å². The third kappa shape index (κ3) is 5.73. The first-order chi connectivity index (χ1) is 17.1. The molecular formula is C25H26BrNO9. The van der Waals surface area contributed by atoms with Crippen molar-refractivity contribution in [3.8, 4) is 17.2 Å². The van der Waals surface area contributed by atoms with Crippen LogP contribution in [0.5, 0.6) is 17.2 Å².